The molecule has 2 aliphatic rings. The zero-order chi connectivity index (χ0) is 28.5. The minimum absolute atomic E-state index is 0.0583. The van der Waals surface area contributed by atoms with Crippen molar-refractivity contribution in [1.82, 2.24) is 5.32 Å². The molecule has 0 spiro atoms. The molecule has 202 valence electrons. The Morgan fingerprint density at radius 1 is 0.780 bits per heavy atom. The van der Waals surface area contributed by atoms with E-state index in [1.807, 2.05) is 42.5 Å². The largest absolute Gasteiger partial charge is 0.506 e. The number of hydrogen-bond donors (Lipinski definition) is 2. The molecular weight excluding hydrogens is 557 g/mol. The fourth-order valence-corrected chi connectivity index (χ4v) is 5.38. The smallest absolute Gasteiger partial charge is 0.251 e. The van der Waals surface area contributed by atoms with E-state index in [4.69, 9.17) is 27.6 Å². The van der Waals surface area contributed by atoms with Gasteiger partial charge in [0.25, 0.3) is 5.91 Å². The summed E-state index contributed by atoms with van der Waals surface area (Å²) in [4.78, 5) is 25.2. The molecular formula is C34H23Cl2NO4. The number of amides is 1. The minimum atomic E-state index is -0.371. The fourth-order valence-electron chi connectivity index (χ4n) is 5.05. The molecule has 1 aliphatic carbocycles. The third kappa shape index (κ3) is 5.30. The summed E-state index contributed by atoms with van der Waals surface area (Å²) in [5.74, 6) is 0.00249. The lowest BCUT2D eigenvalue weighted by atomic mass is 9.93. The summed E-state index contributed by atoms with van der Waals surface area (Å²) in [6.07, 6.45) is 0.691. The molecule has 0 aromatic heterocycles. The van der Waals surface area contributed by atoms with Crippen molar-refractivity contribution in [3.05, 3.63) is 135 Å². The predicted molar refractivity (Wildman–Crippen MR) is 164 cm³/mol. The summed E-state index contributed by atoms with van der Waals surface area (Å²) in [7, 11) is 0. The summed E-state index contributed by atoms with van der Waals surface area (Å²) in [5, 5.41) is 14.0. The molecule has 0 saturated heterocycles. The molecule has 1 aliphatic heterocycles. The van der Waals surface area contributed by atoms with Gasteiger partial charge in [0, 0.05) is 40.8 Å². The van der Waals surface area contributed by atoms with E-state index in [1.54, 1.807) is 24.3 Å². The number of hydrogen-bond acceptors (Lipinski definition) is 4. The second-order valence-corrected chi connectivity index (χ2v) is 10.5. The number of aromatic hydroxyl groups is 1. The van der Waals surface area contributed by atoms with Gasteiger partial charge < -0.3 is 14.8 Å². The van der Waals surface area contributed by atoms with Crippen molar-refractivity contribution >= 4 is 40.1 Å². The van der Waals surface area contributed by atoms with Crippen LogP contribution in [0.1, 0.15) is 15.9 Å². The van der Waals surface area contributed by atoms with Crippen LogP contribution in [-0.4, -0.2) is 17.6 Å². The van der Waals surface area contributed by atoms with E-state index in [2.05, 4.69) is 29.6 Å². The molecule has 0 atom stereocenters. The third-order valence-corrected chi connectivity index (χ3v) is 7.66. The standard InChI is InChI=1S/C34H23Cl2NO4/c35-27-16-25-31(18-29(27)38)41-32-19-30(39)28(36)17-26(32)33(25)22-10-12-23(13-11-22)34(40)37-15-14-21-8-4-5-9-24(21)20-6-2-1-3-7-20/h1-13,16-19,38H,14-15H2,(H,37,40). The number of carbonyl (C=O) groups excluding carboxylic acids is 1. The molecule has 4 aromatic rings. The van der Waals surface area contributed by atoms with Gasteiger partial charge in [-0.2, -0.15) is 0 Å². The summed E-state index contributed by atoms with van der Waals surface area (Å²) >= 11 is 12.4. The highest BCUT2D eigenvalue weighted by Crippen LogP contribution is 2.43. The van der Waals surface area contributed by atoms with Crippen molar-refractivity contribution in [2.45, 2.75) is 6.42 Å². The van der Waals surface area contributed by atoms with Gasteiger partial charge in [-0.3, -0.25) is 9.59 Å². The molecule has 1 heterocycles. The number of phenols is 1. The Labute approximate surface area is 245 Å². The van der Waals surface area contributed by atoms with Crippen molar-refractivity contribution in [3.8, 4) is 39.3 Å². The van der Waals surface area contributed by atoms with Crippen LogP contribution < -0.4 is 10.7 Å². The summed E-state index contributed by atoms with van der Waals surface area (Å²) in [6, 6.07) is 31.4. The maximum atomic E-state index is 13.0. The first-order valence-electron chi connectivity index (χ1n) is 13.0. The van der Waals surface area contributed by atoms with E-state index in [0.29, 0.717) is 40.8 Å². The van der Waals surface area contributed by atoms with Gasteiger partial charge in [-0.05, 0) is 52.9 Å². The first kappa shape index (κ1) is 26.6. The van der Waals surface area contributed by atoms with Crippen LogP contribution in [-0.2, 0) is 6.42 Å². The molecule has 0 unspecified atom stereocenters. The first-order chi connectivity index (χ1) is 19.9. The van der Waals surface area contributed by atoms with Crippen molar-refractivity contribution in [3.63, 3.8) is 0 Å². The SMILES string of the molecule is O=C(NCCc1ccccc1-c1ccccc1)c1ccc(-c2c3cc(Cl)c(=O)cc-3oc3cc(O)c(Cl)cc23)cc1. The normalized spacial score (nSPS) is 11.2. The lowest BCUT2D eigenvalue weighted by molar-refractivity contribution is 0.0954. The van der Waals surface area contributed by atoms with Gasteiger partial charge in [-0.25, -0.2) is 0 Å². The van der Waals surface area contributed by atoms with Gasteiger partial charge in [0.15, 0.2) is 0 Å². The number of phenolic OH excluding ortho intramolecular Hbond substituents is 1. The van der Waals surface area contributed by atoms with Gasteiger partial charge in [-0.15, -0.1) is 0 Å². The Hall–Kier alpha value is -4.58. The number of carbonyl (C=O) groups is 1. The number of halogens is 2. The quantitative estimate of drug-likeness (QED) is 0.195. The van der Waals surface area contributed by atoms with E-state index in [-0.39, 0.29) is 27.1 Å². The molecule has 4 aromatic carbocycles. The van der Waals surface area contributed by atoms with Gasteiger partial charge in [0.05, 0.1) is 10.0 Å². The van der Waals surface area contributed by atoms with E-state index >= 15 is 0 Å². The van der Waals surface area contributed by atoms with Crippen LogP contribution in [0.5, 0.6) is 5.75 Å². The van der Waals surface area contributed by atoms with E-state index < -0.39 is 0 Å². The summed E-state index contributed by atoms with van der Waals surface area (Å²) in [6.45, 7) is 0.484. The monoisotopic (exact) mass is 579 g/mol. The molecule has 7 heteroatoms. The summed E-state index contributed by atoms with van der Waals surface area (Å²) in [5.41, 5.74) is 6.04. The second kappa shape index (κ2) is 11.1. The molecule has 2 N–H and O–H groups in total. The molecule has 6 rings (SSSR count). The lowest BCUT2D eigenvalue weighted by Gasteiger charge is -2.16. The first-order valence-corrected chi connectivity index (χ1v) is 13.7. The highest BCUT2D eigenvalue weighted by molar-refractivity contribution is 6.33. The topological polar surface area (TPSA) is 79.5 Å². The molecule has 0 bridgehead atoms. The van der Waals surface area contributed by atoms with E-state index in [1.165, 1.54) is 12.1 Å². The van der Waals surface area contributed by atoms with Crippen LogP contribution in [0.2, 0.25) is 10.0 Å². The van der Waals surface area contributed by atoms with Crippen LogP contribution in [0.25, 0.3) is 44.5 Å². The second-order valence-electron chi connectivity index (χ2n) is 9.66. The van der Waals surface area contributed by atoms with E-state index in [0.717, 1.165) is 27.8 Å². The number of fused-ring (bicyclic) bond motifs is 2. The van der Waals surface area contributed by atoms with Gasteiger partial charge in [-0.1, -0.05) is 89.9 Å². The number of benzene rings is 5. The molecule has 0 saturated carbocycles. The Bertz CT molecular complexity index is 1930. The zero-order valence-electron chi connectivity index (χ0n) is 21.7. The maximum Gasteiger partial charge on any atom is 0.251 e. The predicted octanol–water partition coefficient (Wildman–Crippen LogP) is 8.22. The van der Waals surface area contributed by atoms with Gasteiger partial charge >= 0.3 is 0 Å². The average molecular weight is 580 g/mol. The van der Waals surface area contributed by atoms with Crippen LogP contribution in [0.3, 0.4) is 0 Å². The maximum absolute atomic E-state index is 13.0. The van der Waals surface area contributed by atoms with Crippen LogP contribution in [0, 0.1) is 0 Å². The van der Waals surface area contributed by atoms with Crippen LogP contribution in [0.15, 0.2) is 112 Å². The minimum Gasteiger partial charge on any atom is -0.506 e. The van der Waals surface area contributed by atoms with Gasteiger partial charge in [0.1, 0.15) is 17.1 Å². The molecule has 41 heavy (non-hydrogen) atoms. The highest BCUT2D eigenvalue weighted by atomic mass is 35.5. The van der Waals surface area contributed by atoms with Crippen molar-refractivity contribution in [2.24, 2.45) is 0 Å². The third-order valence-electron chi connectivity index (χ3n) is 7.06. The Kier molecular flexibility index (Phi) is 7.23. The Balaban J connectivity index is 1.27. The molecule has 5 nitrogen and oxygen atoms in total. The van der Waals surface area contributed by atoms with Crippen molar-refractivity contribution in [1.29, 1.82) is 0 Å². The molecule has 1 amide bonds. The van der Waals surface area contributed by atoms with Crippen molar-refractivity contribution in [2.75, 3.05) is 6.54 Å². The fraction of sp³-hybridized carbons (Fsp3) is 0.0588. The Morgan fingerprint density at radius 2 is 1.51 bits per heavy atom. The highest BCUT2D eigenvalue weighted by Gasteiger charge is 2.20. The van der Waals surface area contributed by atoms with E-state index in [9.17, 15) is 14.7 Å². The number of nitrogens with one attached hydrogen (secondary N) is 1. The van der Waals surface area contributed by atoms with Crippen LogP contribution in [0.4, 0.5) is 0 Å². The number of rotatable bonds is 6. The zero-order valence-corrected chi connectivity index (χ0v) is 23.2. The lowest BCUT2D eigenvalue weighted by Crippen LogP contribution is -2.25. The molecule has 0 fully saturated rings. The summed E-state index contributed by atoms with van der Waals surface area (Å²) < 4.78 is 5.92. The molecule has 0 radical (unpaired) electrons. The van der Waals surface area contributed by atoms with Crippen LogP contribution >= 0.6 is 23.2 Å². The average Bonchev–Trinajstić information content (AvgIpc) is 2.98. The van der Waals surface area contributed by atoms with Crippen molar-refractivity contribution < 1.29 is 14.3 Å². The van der Waals surface area contributed by atoms with Gasteiger partial charge in [0.2, 0.25) is 5.43 Å². The Morgan fingerprint density at radius 3 is 2.29 bits per heavy atom.